The predicted molar refractivity (Wildman–Crippen MR) is 64.0 cm³/mol. The molecule has 0 radical (unpaired) electrons. The number of hydrogen-bond acceptors (Lipinski definition) is 5. The average Bonchev–Trinajstić information content (AvgIpc) is 2.97. The molecule has 1 aromatic heterocycles. The van der Waals surface area contributed by atoms with E-state index >= 15 is 0 Å². The van der Waals surface area contributed by atoms with E-state index in [-0.39, 0.29) is 16.9 Å². The molecule has 1 fully saturated rings. The number of rotatable bonds is 7. The van der Waals surface area contributed by atoms with Gasteiger partial charge in [0.15, 0.2) is 5.69 Å². The van der Waals surface area contributed by atoms with Crippen molar-refractivity contribution in [2.75, 3.05) is 20.3 Å². The maximum atomic E-state index is 11.8. The number of carboxylic acids is 1. The lowest BCUT2D eigenvalue weighted by molar-refractivity contribution is 0.0651. The number of carboxylic acid groups (broad SMARTS) is 1. The van der Waals surface area contributed by atoms with Crippen molar-refractivity contribution in [1.29, 1.82) is 0 Å². The molecule has 1 aliphatic rings. The van der Waals surface area contributed by atoms with Crippen LogP contribution in [0.1, 0.15) is 40.3 Å². The Morgan fingerprint density at radius 1 is 1.58 bits per heavy atom. The van der Waals surface area contributed by atoms with Gasteiger partial charge in [0, 0.05) is 26.3 Å². The maximum absolute atomic E-state index is 11.8. The second-order valence-corrected chi connectivity index (χ2v) is 4.81. The van der Waals surface area contributed by atoms with E-state index in [1.54, 1.807) is 7.11 Å². The van der Waals surface area contributed by atoms with Gasteiger partial charge in [-0.25, -0.2) is 4.79 Å². The largest absolute Gasteiger partial charge is 0.475 e. The summed E-state index contributed by atoms with van der Waals surface area (Å²) in [5, 5.41) is 14.8. The highest BCUT2D eigenvalue weighted by molar-refractivity contribution is 5.94. The molecule has 7 nitrogen and oxygen atoms in total. The molecule has 0 bridgehead atoms. The Bertz CT molecular complexity index is 478. The van der Waals surface area contributed by atoms with Gasteiger partial charge in [0.2, 0.25) is 5.76 Å². The number of hydrogen-bond donors (Lipinski definition) is 2. The Morgan fingerprint density at radius 3 is 2.84 bits per heavy atom. The van der Waals surface area contributed by atoms with Crippen LogP contribution in [0.2, 0.25) is 0 Å². The number of aromatic nitrogens is 1. The molecule has 1 amide bonds. The van der Waals surface area contributed by atoms with Crippen LogP contribution >= 0.6 is 0 Å². The molecule has 1 aliphatic carbocycles. The second kappa shape index (κ2) is 5.40. The Labute approximate surface area is 109 Å². The van der Waals surface area contributed by atoms with Crippen molar-refractivity contribution in [1.82, 2.24) is 10.5 Å². The van der Waals surface area contributed by atoms with Crippen molar-refractivity contribution in [3.05, 3.63) is 17.5 Å². The highest BCUT2D eigenvalue weighted by Crippen LogP contribution is 2.48. The molecule has 0 aliphatic heterocycles. The van der Waals surface area contributed by atoms with Crippen LogP contribution in [0, 0.1) is 5.41 Å². The summed E-state index contributed by atoms with van der Waals surface area (Å²) in [6.07, 6.45) is 3.04. The fourth-order valence-electron chi connectivity index (χ4n) is 1.85. The zero-order chi connectivity index (χ0) is 13.9. The topological polar surface area (TPSA) is 102 Å². The first-order valence-corrected chi connectivity index (χ1v) is 6.03. The molecule has 0 unspecified atom stereocenters. The van der Waals surface area contributed by atoms with Gasteiger partial charge in [-0.3, -0.25) is 4.79 Å². The van der Waals surface area contributed by atoms with E-state index in [1.807, 2.05) is 0 Å². The van der Waals surface area contributed by atoms with E-state index in [4.69, 9.17) is 9.84 Å². The summed E-state index contributed by atoms with van der Waals surface area (Å²) in [5.41, 5.74) is 0.116. The standard InChI is InChI=1S/C12H16N2O5/c1-18-5-4-12(2-3-12)7-13-10(15)8-6-9(11(16)17)19-14-8/h6H,2-5,7H2,1H3,(H,13,15)(H,16,17). The normalized spacial score (nSPS) is 16.1. The number of nitrogens with one attached hydrogen (secondary N) is 1. The minimum Gasteiger partial charge on any atom is -0.475 e. The van der Waals surface area contributed by atoms with E-state index < -0.39 is 11.9 Å². The van der Waals surface area contributed by atoms with E-state index in [0.717, 1.165) is 25.3 Å². The van der Waals surface area contributed by atoms with Crippen LogP contribution in [-0.4, -0.2) is 42.4 Å². The highest BCUT2D eigenvalue weighted by Gasteiger charge is 2.42. The van der Waals surface area contributed by atoms with E-state index in [9.17, 15) is 9.59 Å². The first-order chi connectivity index (χ1) is 9.06. The third-order valence-corrected chi connectivity index (χ3v) is 3.37. The molecule has 1 saturated carbocycles. The minimum absolute atomic E-state index is 0.0139. The number of amides is 1. The number of nitrogens with zero attached hydrogens (tertiary/aromatic N) is 1. The fourth-order valence-corrected chi connectivity index (χ4v) is 1.85. The lowest BCUT2D eigenvalue weighted by Gasteiger charge is -2.14. The Morgan fingerprint density at radius 2 is 2.32 bits per heavy atom. The number of carbonyl (C=O) groups is 2. The lowest BCUT2D eigenvalue weighted by Crippen LogP contribution is -2.31. The molecule has 104 valence electrons. The first kappa shape index (κ1) is 13.5. The van der Waals surface area contributed by atoms with Crippen molar-refractivity contribution in [3.63, 3.8) is 0 Å². The van der Waals surface area contributed by atoms with Crippen LogP contribution in [0.15, 0.2) is 10.6 Å². The molecule has 19 heavy (non-hydrogen) atoms. The minimum atomic E-state index is -1.25. The lowest BCUT2D eigenvalue weighted by atomic mass is 10.0. The SMILES string of the molecule is COCCC1(CNC(=O)c2cc(C(=O)O)on2)CC1. The summed E-state index contributed by atoms with van der Waals surface area (Å²) in [7, 11) is 1.65. The van der Waals surface area contributed by atoms with Crippen LogP contribution in [0.3, 0.4) is 0 Å². The Hall–Kier alpha value is -1.89. The molecule has 0 aromatic carbocycles. The van der Waals surface area contributed by atoms with Crippen LogP contribution in [0.25, 0.3) is 0 Å². The molecule has 0 spiro atoms. The van der Waals surface area contributed by atoms with E-state index in [0.29, 0.717) is 13.2 Å². The molecule has 2 rings (SSSR count). The van der Waals surface area contributed by atoms with Crippen molar-refractivity contribution >= 4 is 11.9 Å². The molecule has 2 N–H and O–H groups in total. The highest BCUT2D eigenvalue weighted by atomic mass is 16.5. The first-order valence-electron chi connectivity index (χ1n) is 6.03. The van der Waals surface area contributed by atoms with Gasteiger partial charge < -0.3 is 19.7 Å². The molecule has 1 aromatic rings. The third kappa shape index (κ3) is 3.31. The van der Waals surface area contributed by atoms with Gasteiger partial charge in [0.1, 0.15) is 0 Å². The third-order valence-electron chi connectivity index (χ3n) is 3.37. The molecule has 0 saturated heterocycles. The number of ether oxygens (including phenoxy) is 1. The van der Waals surface area contributed by atoms with Gasteiger partial charge in [0.05, 0.1) is 0 Å². The van der Waals surface area contributed by atoms with E-state index in [1.165, 1.54) is 0 Å². The average molecular weight is 268 g/mol. The van der Waals surface area contributed by atoms with Gasteiger partial charge in [-0.05, 0) is 24.7 Å². The summed E-state index contributed by atoms with van der Waals surface area (Å²) >= 11 is 0. The van der Waals surface area contributed by atoms with Crippen molar-refractivity contribution < 1.29 is 24.0 Å². The molecule has 7 heteroatoms. The fraction of sp³-hybridized carbons (Fsp3) is 0.583. The van der Waals surface area contributed by atoms with Crippen molar-refractivity contribution in [2.45, 2.75) is 19.3 Å². The van der Waals surface area contributed by atoms with Crippen molar-refractivity contribution in [3.8, 4) is 0 Å². The molecular formula is C12H16N2O5. The zero-order valence-corrected chi connectivity index (χ0v) is 10.6. The van der Waals surface area contributed by atoms with Crippen LogP contribution in [0.5, 0.6) is 0 Å². The zero-order valence-electron chi connectivity index (χ0n) is 10.6. The monoisotopic (exact) mass is 268 g/mol. The van der Waals surface area contributed by atoms with Crippen molar-refractivity contribution in [2.24, 2.45) is 5.41 Å². The van der Waals surface area contributed by atoms with Gasteiger partial charge >= 0.3 is 5.97 Å². The molecule has 1 heterocycles. The number of aromatic carboxylic acids is 1. The number of carbonyl (C=O) groups excluding carboxylic acids is 1. The predicted octanol–water partition coefficient (Wildman–Crippen LogP) is 0.919. The van der Waals surface area contributed by atoms with Gasteiger partial charge in [-0.15, -0.1) is 0 Å². The summed E-state index contributed by atoms with van der Waals surface area (Å²) in [6, 6.07) is 1.12. The number of methoxy groups -OCH3 is 1. The van der Waals surface area contributed by atoms with Gasteiger partial charge in [-0.1, -0.05) is 5.16 Å². The summed E-state index contributed by atoms with van der Waals surface area (Å²) in [4.78, 5) is 22.4. The summed E-state index contributed by atoms with van der Waals surface area (Å²) in [5.74, 6) is -2.00. The molecule has 0 atom stereocenters. The van der Waals surface area contributed by atoms with E-state index in [2.05, 4.69) is 15.0 Å². The quantitative estimate of drug-likeness (QED) is 0.762. The van der Waals surface area contributed by atoms with Crippen LogP contribution < -0.4 is 5.32 Å². The second-order valence-electron chi connectivity index (χ2n) is 4.81. The molecular weight excluding hydrogens is 252 g/mol. The smallest absolute Gasteiger partial charge is 0.374 e. The van der Waals surface area contributed by atoms with Gasteiger partial charge in [-0.2, -0.15) is 0 Å². The summed E-state index contributed by atoms with van der Waals surface area (Å²) in [6.45, 7) is 1.22. The van der Waals surface area contributed by atoms with Gasteiger partial charge in [0.25, 0.3) is 5.91 Å². The Kier molecular flexibility index (Phi) is 3.84. The maximum Gasteiger partial charge on any atom is 0.374 e. The van der Waals surface area contributed by atoms with Crippen LogP contribution in [0.4, 0.5) is 0 Å². The Balaban J connectivity index is 1.85. The van der Waals surface area contributed by atoms with Crippen LogP contribution in [-0.2, 0) is 4.74 Å². The summed E-state index contributed by atoms with van der Waals surface area (Å²) < 4.78 is 9.56.